The molecule has 1 amide bonds. The summed E-state index contributed by atoms with van der Waals surface area (Å²) in [7, 11) is 1.60. The Morgan fingerprint density at radius 1 is 1.59 bits per heavy atom. The van der Waals surface area contributed by atoms with Gasteiger partial charge in [0.05, 0.1) is 29.4 Å². The molecule has 118 valence electrons. The maximum Gasteiger partial charge on any atom is 0.262 e. The maximum atomic E-state index is 13.1. The molecule has 1 saturated heterocycles. The Morgan fingerprint density at radius 2 is 2.41 bits per heavy atom. The van der Waals surface area contributed by atoms with E-state index in [0.29, 0.717) is 11.7 Å². The molecule has 1 unspecified atom stereocenters. The summed E-state index contributed by atoms with van der Waals surface area (Å²) in [6.45, 7) is -0.0478. The number of hydrogen-bond acceptors (Lipinski definition) is 5. The van der Waals surface area contributed by atoms with Crippen LogP contribution in [0.4, 0.5) is 13.9 Å². The number of fused-ring (bicyclic) bond motifs is 1. The Bertz CT molecular complexity index is 704. The lowest BCUT2D eigenvalue weighted by atomic mass is 10.2. The lowest BCUT2D eigenvalue weighted by Gasteiger charge is -2.08. The summed E-state index contributed by atoms with van der Waals surface area (Å²) in [6.07, 6.45) is -0.487. The van der Waals surface area contributed by atoms with Gasteiger partial charge in [0.2, 0.25) is 5.91 Å². The van der Waals surface area contributed by atoms with Crippen LogP contribution in [0, 0.1) is 0 Å². The highest BCUT2D eigenvalue weighted by molar-refractivity contribution is 7.22. The van der Waals surface area contributed by atoms with Gasteiger partial charge in [0.1, 0.15) is 0 Å². The monoisotopic (exact) mass is 327 g/mol. The summed E-state index contributed by atoms with van der Waals surface area (Å²) in [5.41, 5.74) is 1.68. The quantitative estimate of drug-likeness (QED) is 0.905. The third-order valence-electron chi connectivity index (χ3n) is 3.46. The highest BCUT2D eigenvalue weighted by atomic mass is 32.1. The second kappa shape index (κ2) is 5.86. The molecule has 22 heavy (non-hydrogen) atoms. The minimum atomic E-state index is -2.83. The van der Waals surface area contributed by atoms with Crippen LogP contribution < -0.4 is 10.6 Å². The van der Waals surface area contributed by atoms with Crippen molar-refractivity contribution >= 4 is 32.6 Å². The number of anilines is 1. The van der Waals surface area contributed by atoms with Gasteiger partial charge in [-0.3, -0.25) is 10.1 Å². The van der Waals surface area contributed by atoms with Gasteiger partial charge in [0, 0.05) is 19.1 Å². The standard InChI is InChI=1S/C14H15F2N3O2S/c1-21-6-8-3-2-4-10-11(8)18-13(22-10)19-12(20)9-5-14(15,16)7-17-9/h2-4,9,17H,5-7H2,1H3,(H,18,19,20). The summed E-state index contributed by atoms with van der Waals surface area (Å²) in [5, 5.41) is 5.54. The smallest absolute Gasteiger partial charge is 0.262 e. The third kappa shape index (κ3) is 3.08. The zero-order chi connectivity index (χ0) is 15.7. The molecule has 0 radical (unpaired) electrons. The topological polar surface area (TPSA) is 63.2 Å². The number of carbonyl (C=O) groups excluding carboxylic acids is 1. The van der Waals surface area contributed by atoms with E-state index >= 15 is 0 Å². The fourth-order valence-electron chi connectivity index (χ4n) is 2.42. The number of nitrogens with zero attached hydrogens (tertiary/aromatic N) is 1. The van der Waals surface area contributed by atoms with E-state index < -0.39 is 30.8 Å². The van der Waals surface area contributed by atoms with Crippen molar-refractivity contribution in [3.63, 3.8) is 0 Å². The number of halogens is 2. The molecule has 8 heteroatoms. The van der Waals surface area contributed by atoms with E-state index in [1.165, 1.54) is 11.3 Å². The Hall–Kier alpha value is -1.64. The molecule has 0 bridgehead atoms. The number of amides is 1. The van der Waals surface area contributed by atoms with Crippen molar-refractivity contribution in [2.45, 2.75) is 25.0 Å². The second-order valence-corrected chi connectivity index (χ2v) is 6.23. The van der Waals surface area contributed by atoms with Gasteiger partial charge in [-0.1, -0.05) is 23.5 Å². The van der Waals surface area contributed by atoms with E-state index in [0.717, 1.165) is 15.8 Å². The zero-order valence-electron chi connectivity index (χ0n) is 11.9. The summed E-state index contributed by atoms with van der Waals surface area (Å²) < 4.78 is 32.3. The van der Waals surface area contributed by atoms with Crippen LogP contribution in [0.1, 0.15) is 12.0 Å². The van der Waals surface area contributed by atoms with E-state index in [2.05, 4.69) is 15.6 Å². The molecule has 0 aliphatic carbocycles. The first kappa shape index (κ1) is 15.3. The van der Waals surface area contributed by atoms with Crippen molar-refractivity contribution in [3.05, 3.63) is 23.8 Å². The van der Waals surface area contributed by atoms with Crippen molar-refractivity contribution < 1.29 is 18.3 Å². The molecule has 1 atom stereocenters. The molecule has 2 aromatic rings. The van der Waals surface area contributed by atoms with Crippen molar-refractivity contribution in [1.29, 1.82) is 0 Å². The number of hydrogen-bond donors (Lipinski definition) is 2. The zero-order valence-corrected chi connectivity index (χ0v) is 12.7. The van der Waals surface area contributed by atoms with E-state index in [1.807, 2.05) is 18.2 Å². The van der Waals surface area contributed by atoms with Gasteiger partial charge in [-0.2, -0.15) is 0 Å². The van der Waals surface area contributed by atoms with Crippen molar-refractivity contribution in [1.82, 2.24) is 10.3 Å². The number of carbonyl (C=O) groups is 1. The van der Waals surface area contributed by atoms with Crippen LogP contribution in [0.3, 0.4) is 0 Å². The highest BCUT2D eigenvalue weighted by Gasteiger charge is 2.42. The van der Waals surface area contributed by atoms with Crippen molar-refractivity contribution in [3.8, 4) is 0 Å². The van der Waals surface area contributed by atoms with Crippen LogP contribution in [0.15, 0.2) is 18.2 Å². The van der Waals surface area contributed by atoms with Crippen molar-refractivity contribution in [2.75, 3.05) is 19.0 Å². The lowest BCUT2D eigenvalue weighted by molar-refractivity contribution is -0.118. The van der Waals surface area contributed by atoms with Crippen LogP contribution >= 0.6 is 11.3 Å². The Balaban J connectivity index is 1.77. The molecule has 2 N–H and O–H groups in total. The fraction of sp³-hybridized carbons (Fsp3) is 0.429. The first-order chi connectivity index (χ1) is 10.5. The third-order valence-corrected chi connectivity index (χ3v) is 4.39. The molecule has 1 fully saturated rings. The molecular formula is C14H15F2N3O2S. The fourth-order valence-corrected chi connectivity index (χ4v) is 3.34. The first-order valence-electron chi connectivity index (χ1n) is 6.78. The molecule has 5 nitrogen and oxygen atoms in total. The SMILES string of the molecule is COCc1cccc2sc(NC(=O)C3CC(F)(F)CN3)nc12. The molecule has 1 aromatic carbocycles. The number of benzene rings is 1. The van der Waals surface area contributed by atoms with Crippen LogP contribution in [-0.4, -0.2) is 36.5 Å². The minimum Gasteiger partial charge on any atom is -0.380 e. The lowest BCUT2D eigenvalue weighted by Crippen LogP contribution is -2.35. The number of para-hydroxylation sites is 1. The van der Waals surface area contributed by atoms with Crippen LogP contribution in [0.5, 0.6) is 0 Å². The molecule has 0 saturated carbocycles. The number of nitrogens with one attached hydrogen (secondary N) is 2. The first-order valence-corrected chi connectivity index (χ1v) is 7.59. The van der Waals surface area contributed by atoms with E-state index in [1.54, 1.807) is 7.11 Å². The van der Waals surface area contributed by atoms with Gasteiger partial charge in [0.15, 0.2) is 5.13 Å². The van der Waals surface area contributed by atoms with Gasteiger partial charge in [-0.05, 0) is 6.07 Å². The Morgan fingerprint density at radius 3 is 3.09 bits per heavy atom. The number of thiazole rings is 1. The molecular weight excluding hydrogens is 312 g/mol. The predicted molar refractivity (Wildman–Crippen MR) is 80.3 cm³/mol. The van der Waals surface area contributed by atoms with Gasteiger partial charge < -0.3 is 10.1 Å². The van der Waals surface area contributed by atoms with Gasteiger partial charge >= 0.3 is 0 Å². The van der Waals surface area contributed by atoms with E-state index in [4.69, 9.17) is 4.74 Å². The average Bonchev–Trinajstić information content (AvgIpc) is 3.02. The molecule has 1 aromatic heterocycles. The number of rotatable bonds is 4. The molecule has 1 aliphatic heterocycles. The van der Waals surface area contributed by atoms with Gasteiger partial charge in [-0.15, -0.1) is 0 Å². The molecule has 0 spiro atoms. The van der Waals surface area contributed by atoms with E-state index in [9.17, 15) is 13.6 Å². The normalized spacial score (nSPS) is 20.4. The summed E-state index contributed by atoms with van der Waals surface area (Å²) in [4.78, 5) is 16.4. The van der Waals surface area contributed by atoms with E-state index in [-0.39, 0.29) is 0 Å². The summed E-state index contributed by atoms with van der Waals surface area (Å²) >= 11 is 1.31. The van der Waals surface area contributed by atoms with Crippen LogP contribution in [0.2, 0.25) is 0 Å². The van der Waals surface area contributed by atoms with Crippen molar-refractivity contribution in [2.24, 2.45) is 0 Å². The Labute approximate surface area is 129 Å². The van der Waals surface area contributed by atoms with Crippen LogP contribution in [-0.2, 0) is 16.1 Å². The largest absolute Gasteiger partial charge is 0.380 e. The van der Waals surface area contributed by atoms with Crippen LogP contribution in [0.25, 0.3) is 10.2 Å². The molecule has 1 aliphatic rings. The number of ether oxygens (including phenoxy) is 1. The maximum absolute atomic E-state index is 13.1. The molecule has 2 heterocycles. The minimum absolute atomic E-state index is 0.403. The summed E-state index contributed by atoms with van der Waals surface area (Å²) in [6, 6.07) is 4.79. The average molecular weight is 327 g/mol. The number of alkyl halides is 2. The predicted octanol–water partition coefficient (Wildman–Crippen LogP) is 2.38. The van der Waals surface area contributed by atoms with Gasteiger partial charge in [0.25, 0.3) is 5.92 Å². The Kier molecular flexibility index (Phi) is 4.07. The summed E-state index contributed by atoms with van der Waals surface area (Å²) in [5.74, 6) is -3.31. The molecule has 3 rings (SSSR count). The second-order valence-electron chi connectivity index (χ2n) is 5.20. The highest BCUT2D eigenvalue weighted by Crippen LogP contribution is 2.30. The van der Waals surface area contributed by atoms with Gasteiger partial charge in [-0.25, -0.2) is 13.8 Å². The number of aromatic nitrogens is 1. The number of methoxy groups -OCH3 is 1.